The van der Waals surface area contributed by atoms with Gasteiger partial charge in [-0.3, -0.25) is 4.79 Å². The molecule has 1 aliphatic heterocycles. The van der Waals surface area contributed by atoms with Crippen LogP contribution in [-0.4, -0.2) is 31.6 Å². The van der Waals surface area contributed by atoms with Crippen LogP contribution in [0.5, 0.6) is 0 Å². The van der Waals surface area contributed by atoms with Crippen molar-refractivity contribution in [2.24, 2.45) is 5.92 Å². The molecular formula is C17H18ClNO3S2. The number of benzene rings is 1. The maximum absolute atomic E-state index is 12.8. The number of carbonyl (C=O) groups excluding carboxylic acids is 1. The molecule has 7 heteroatoms. The van der Waals surface area contributed by atoms with Crippen molar-refractivity contribution in [2.45, 2.75) is 24.0 Å². The van der Waals surface area contributed by atoms with E-state index in [1.807, 2.05) is 6.92 Å². The van der Waals surface area contributed by atoms with E-state index >= 15 is 0 Å². The SMILES string of the molecule is Cc1ccc(S(=O)(=O)N2CCCC(C(=O)c3ccc(Cl)cc3)C2)s1. The van der Waals surface area contributed by atoms with Gasteiger partial charge in [-0.25, -0.2) is 8.42 Å². The maximum atomic E-state index is 12.8. The third-order valence-corrected chi connectivity index (χ3v) is 7.78. The summed E-state index contributed by atoms with van der Waals surface area (Å²) in [5, 5.41) is 0.576. The summed E-state index contributed by atoms with van der Waals surface area (Å²) < 4.78 is 27.3. The van der Waals surface area contributed by atoms with E-state index in [1.54, 1.807) is 36.4 Å². The maximum Gasteiger partial charge on any atom is 0.252 e. The summed E-state index contributed by atoms with van der Waals surface area (Å²) >= 11 is 7.12. The summed E-state index contributed by atoms with van der Waals surface area (Å²) in [5.41, 5.74) is 0.579. The second-order valence-corrected chi connectivity index (χ2v) is 9.83. The number of ketones is 1. The Morgan fingerprint density at radius 1 is 1.21 bits per heavy atom. The van der Waals surface area contributed by atoms with Gasteiger partial charge >= 0.3 is 0 Å². The number of halogens is 1. The molecule has 1 aliphatic rings. The average Bonchev–Trinajstić information content (AvgIpc) is 3.02. The second kappa shape index (κ2) is 6.96. The molecule has 0 radical (unpaired) electrons. The summed E-state index contributed by atoms with van der Waals surface area (Å²) in [6.07, 6.45) is 1.39. The first-order valence-electron chi connectivity index (χ1n) is 7.74. The monoisotopic (exact) mass is 383 g/mol. The number of hydrogen-bond acceptors (Lipinski definition) is 4. The Bertz CT molecular complexity index is 843. The van der Waals surface area contributed by atoms with Crippen molar-refractivity contribution in [3.8, 4) is 0 Å². The molecule has 1 fully saturated rings. The van der Waals surface area contributed by atoms with Gasteiger partial charge in [0.25, 0.3) is 10.0 Å². The van der Waals surface area contributed by atoms with Gasteiger partial charge < -0.3 is 0 Å². The van der Waals surface area contributed by atoms with Gasteiger partial charge in [0, 0.05) is 34.5 Å². The molecule has 1 unspecified atom stereocenters. The van der Waals surface area contributed by atoms with Crippen LogP contribution < -0.4 is 0 Å². The number of Topliss-reactive ketones (excluding diaryl/α,β-unsaturated/α-hetero) is 1. The molecule has 1 atom stereocenters. The van der Waals surface area contributed by atoms with Gasteiger partial charge in [-0.15, -0.1) is 11.3 Å². The van der Waals surface area contributed by atoms with Crippen molar-refractivity contribution >= 4 is 38.7 Å². The number of thiophene rings is 1. The first-order valence-corrected chi connectivity index (χ1v) is 10.4. The Hall–Kier alpha value is -1.21. The van der Waals surface area contributed by atoms with Crippen molar-refractivity contribution in [3.63, 3.8) is 0 Å². The summed E-state index contributed by atoms with van der Waals surface area (Å²) in [5.74, 6) is -0.329. The number of nitrogens with zero attached hydrogens (tertiary/aromatic N) is 1. The van der Waals surface area contributed by atoms with E-state index in [4.69, 9.17) is 11.6 Å². The third-order valence-electron chi connectivity index (χ3n) is 4.19. The summed E-state index contributed by atoms with van der Waals surface area (Å²) in [4.78, 5) is 13.6. The quantitative estimate of drug-likeness (QED) is 0.750. The van der Waals surface area contributed by atoms with Crippen LogP contribution in [0, 0.1) is 12.8 Å². The minimum absolute atomic E-state index is 0.0195. The fourth-order valence-corrected chi connectivity index (χ4v) is 5.99. The summed E-state index contributed by atoms with van der Waals surface area (Å²) in [7, 11) is -3.52. The predicted molar refractivity (Wildman–Crippen MR) is 96.3 cm³/mol. The van der Waals surface area contributed by atoms with Gasteiger partial charge in [0.2, 0.25) is 0 Å². The fraction of sp³-hybridized carbons (Fsp3) is 0.353. The van der Waals surface area contributed by atoms with E-state index < -0.39 is 10.0 Å². The van der Waals surface area contributed by atoms with Crippen LogP contribution in [-0.2, 0) is 10.0 Å². The number of sulfonamides is 1. The third kappa shape index (κ3) is 3.57. The minimum atomic E-state index is -3.52. The minimum Gasteiger partial charge on any atom is -0.294 e. The van der Waals surface area contributed by atoms with E-state index in [2.05, 4.69) is 0 Å². The number of carbonyl (C=O) groups is 1. The number of piperidine rings is 1. The molecule has 0 amide bonds. The zero-order valence-electron chi connectivity index (χ0n) is 13.2. The first-order chi connectivity index (χ1) is 11.4. The van der Waals surface area contributed by atoms with Crippen LogP contribution in [0.2, 0.25) is 5.02 Å². The summed E-state index contributed by atoms with van der Waals surface area (Å²) in [6, 6.07) is 10.2. The van der Waals surface area contributed by atoms with E-state index in [9.17, 15) is 13.2 Å². The van der Waals surface area contributed by atoms with Gasteiger partial charge in [0.1, 0.15) is 4.21 Å². The molecule has 2 aromatic rings. The molecule has 24 heavy (non-hydrogen) atoms. The zero-order chi connectivity index (χ0) is 17.3. The number of aryl methyl sites for hydroxylation is 1. The zero-order valence-corrected chi connectivity index (χ0v) is 15.6. The molecule has 0 N–H and O–H groups in total. The largest absolute Gasteiger partial charge is 0.294 e. The van der Waals surface area contributed by atoms with Crippen LogP contribution in [0.3, 0.4) is 0 Å². The molecule has 1 saturated heterocycles. The molecule has 128 valence electrons. The Kier molecular flexibility index (Phi) is 5.11. The normalized spacial score (nSPS) is 19.3. The Morgan fingerprint density at radius 2 is 1.92 bits per heavy atom. The highest BCUT2D eigenvalue weighted by molar-refractivity contribution is 7.91. The van der Waals surface area contributed by atoms with E-state index in [-0.39, 0.29) is 18.2 Å². The van der Waals surface area contributed by atoms with Gasteiger partial charge in [0.15, 0.2) is 5.78 Å². The Labute approximate surface area is 151 Å². The highest BCUT2D eigenvalue weighted by atomic mass is 35.5. The molecule has 0 saturated carbocycles. The molecule has 3 rings (SSSR count). The molecule has 0 bridgehead atoms. The number of rotatable bonds is 4. The van der Waals surface area contributed by atoms with Crippen LogP contribution in [0.1, 0.15) is 28.1 Å². The fourth-order valence-electron chi connectivity index (χ4n) is 2.90. The van der Waals surface area contributed by atoms with Gasteiger partial charge in [0.05, 0.1) is 0 Å². The van der Waals surface area contributed by atoms with Crippen molar-refractivity contribution in [1.82, 2.24) is 4.31 Å². The predicted octanol–water partition coefficient (Wildman–Crippen LogP) is 3.99. The van der Waals surface area contributed by atoms with E-state index in [0.29, 0.717) is 34.2 Å². The lowest BCUT2D eigenvalue weighted by molar-refractivity contribution is 0.0872. The lowest BCUT2D eigenvalue weighted by Crippen LogP contribution is -2.42. The topological polar surface area (TPSA) is 54.5 Å². The van der Waals surface area contributed by atoms with Crippen molar-refractivity contribution in [2.75, 3.05) is 13.1 Å². The van der Waals surface area contributed by atoms with E-state index in [0.717, 1.165) is 4.88 Å². The van der Waals surface area contributed by atoms with Crippen LogP contribution in [0.15, 0.2) is 40.6 Å². The van der Waals surface area contributed by atoms with Crippen molar-refractivity contribution < 1.29 is 13.2 Å². The molecular weight excluding hydrogens is 366 g/mol. The standard InChI is InChI=1S/C17H18ClNO3S2/c1-12-4-9-16(23-12)24(21,22)19-10-2-3-14(11-19)17(20)13-5-7-15(18)8-6-13/h4-9,14H,2-3,10-11H2,1H3. The number of hydrogen-bond donors (Lipinski definition) is 0. The van der Waals surface area contributed by atoms with E-state index in [1.165, 1.54) is 15.6 Å². The summed E-state index contributed by atoms with van der Waals surface area (Å²) in [6.45, 7) is 2.58. The molecule has 1 aromatic carbocycles. The van der Waals surface area contributed by atoms with Gasteiger partial charge in [-0.1, -0.05) is 11.6 Å². The molecule has 0 spiro atoms. The van der Waals surface area contributed by atoms with Gasteiger partial charge in [-0.05, 0) is 56.2 Å². The van der Waals surface area contributed by atoms with Crippen LogP contribution in [0.25, 0.3) is 0 Å². The molecule has 2 heterocycles. The molecule has 4 nitrogen and oxygen atoms in total. The second-order valence-electron chi connectivity index (χ2n) is 5.94. The Morgan fingerprint density at radius 3 is 2.54 bits per heavy atom. The highest BCUT2D eigenvalue weighted by Crippen LogP contribution is 2.29. The van der Waals surface area contributed by atoms with Gasteiger partial charge in [-0.2, -0.15) is 4.31 Å². The van der Waals surface area contributed by atoms with Crippen LogP contribution in [0.4, 0.5) is 0 Å². The van der Waals surface area contributed by atoms with Crippen molar-refractivity contribution in [1.29, 1.82) is 0 Å². The average molecular weight is 384 g/mol. The van der Waals surface area contributed by atoms with Crippen LogP contribution >= 0.6 is 22.9 Å². The lowest BCUT2D eigenvalue weighted by Gasteiger charge is -2.30. The molecule has 0 aliphatic carbocycles. The smallest absolute Gasteiger partial charge is 0.252 e. The molecule has 1 aromatic heterocycles. The highest BCUT2D eigenvalue weighted by Gasteiger charge is 2.34. The van der Waals surface area contributed by atoms with Crippen molar-refractivity contribution in [3.05, 3.63) is 51.9 Å². The Balaban J connectivity index is 1.79. The lowest BCUT2D eigenvalue weighted by atomic mass is 9.91. The first kappa shape index (κ1) is 17.6.